The second kappa shape index (κ2) is 61.4. The van der Waals surface area contributed by atoms with Crippen molar-refractivity contribution in [3.05, 3.63) is 24.3 Å². The fourth-order valence-electron chi connectivity index (χ4n) is 5.78. The van der Waals surface area contributed by atoms with Crippen molar-refractivity contribution >= 4 is 29.7 Å². The van der Waals surface area contributed by atoms with Crippen LogP contribution in [-0.4, -0.2) is 101 Å². The van der Waals surface area contributed by atoms with E-state index in [-0.39, 0.29) is 61.8 Å². The number of allylic oxidation sites excluding steroid dienone is 2. The van der Waals surface area contributed by atoms with Crippen molar-refractivity contribution in [1.82, 2.24) is 10.6 Å². The molecule has 0 saturated carbocycles. The number of nitrogens with two attached hydrogens (primary N) is 1. The number of esters is 2. The average Bonchev–Trinajstić information content (AvgIpc) is 3.26. The van der Waals surface area contributed by atoms with Crippen LogP contribution in [0.3, 0.4) is 0 Å². The van der Waals surface area contributed by atoms with Gasteiger partial charge in [0.25, 0.3) is 0 Å². The predicted molar refractivity (Wildman–Crippen MR) is 249 cm³/mol. The summed E-state index contributed by atoms with van der Waals surface area (Å²) in [5.41, 5.74) is 4.81. The van der Waals surface area contributed by atoms with Crippen LogP contribution in [0.4, 0.5) is 0 Å². The quantitative estimate of drug-likeness (QED) is 0.0223. The Morgan fingerprint density at radius 1 is 0.476 bits per heavy atom. The van der Waals surface area contributed by atoms with Gasteiger partial charge in [-0.15, -0.1) is 0 Å². The van der Waals surface area contributed by atoms with Crippen molar-refractivity contribution in [2.75, 3.05) is 60.3 Å². The molecular formula is C48H92LiN3O11. The third kappa shape index (κ3) is 68.5. The van der Waals surface area contributed by atoms with E-state index in [4.69, 9.17) is 20.3 Å². The fraction of sp³-hybridized carbons (Fsp3) is 0.812. The Balaban J connectivity index is -0.000000306. The smallest absolute Gasteiger partial charge is 0.870 e. The van der Waals surface area contributed by atoms with Crippen LogP contribution in [0.1, 0.15) is 194 Å². The van der Waals surface area contributed by atoms with Crippen LogP contribution in [0, 0.1) is 0 Å². The molecule has 0 aliphatic heterocycles. The van der Waals surface area contributed by atoms with Crippen LogP contribution in [0.15, 0.2) is 24.3 Å². The first-order chi connectivity index (χ1) is 29.7. The number of methoxy groups -OCH3 is 2. The molecule has 0 aliphatic carbocycles. The van der Waals surface area contributed by atoms with Crippen molar-refractivity contribution < 1.29 is 72.4 Å². The van der Waals surface area contributed by atoms with Gasteiger partial charge < -0.3 is 45.9 Å². The molecule has 6 N–H and O–H groups in total. The molecule has 0 saturated heterocycles. The molecule has 366 valence electrons. The fourth-order valence-corrected chi connectivity index (χ4v) is 5.78. The number of carbonyl (C=O) groups is 5. The van der Waals surface area contributed by atoms with Gasteiger partial charge in [-0.1, -0.05) is 141 Å². The molecule has 2 amide bonds. The molecule has 14 nitrogen and oxygen atoms in total. The van der Waals surface area contributed by atoms with Crippen LogP contribution >= 0.6 is 0 Å². The Morgan fingerprint density at radius 2 is 0.825 bits per heavy atom. The molecular weight excluding hydrogens is 801 g/mol. The van der Waals surface area contributed by atoms with Gasteiger partial charge >= 0.3 is 36.8 Å². The molecule has 0 heterocycles. The summed E-state index contributed by atoms with van der Waals surface area (Å²) < 4.78 is 19.9. The number of hydrogen-bond acceptors (Lipinski definition) is 11. The first kappa shape index (κ1) is 69.3. The minimum Gasteiger partial charge on any atom is -0.870 e. The molecule has 0 rings (SSSR count). The number of carbonyl (C=O) groups excluding carboxylic acids is 4. The van der Waals surface area contributed by atoms with E-state index in [1.165, 1.54) is 104 Å². The van der Waals surface area contributed by atoms with Crippen LogP contribution in [0.25, 0.3) is 0 Å². The Labute approximate surface area is 395 Å². The zero-order chi connectivity index (χ0) is 45.7. The van der Waals surface area contributed by atoms with Gasteiger partial charge in [-0.05, 0) is 64.2 Å². The van der Waals surface area contributed by atoms with Gasteiger partial charge in [0, 0.05) is 26.1 Å². The molecule has 0 unspecified atom stereocenters. The number of amides is 2. The molecule has 0 spiro atoms. The minimum atomic E-state index is -1.00. The van der Waals surface area contributed by atoms with Gasteiger partial charge in [-0.25, -0.2) is 0 Å². The maximum Gasteiger partial charge on any atom is 1.00 e. The Kier molecular flexibility index (Phi) is 67.5. The Bertz CT molecular complexity index is 1060. The molecule has 0 aromatic heterocycles. The normalized spacial score (nSPS) is 10.4. The number of unbranched alkanes of at least 4 members (excludes halogenated alkanes) is 20. The number of hydrogen-bond donors (Lipinski definition) is 4. The number of nitrogens with one attached hydrogen (secondary N) is 2. The molecule has 15 heteroatoms. The van der Waals surface area contributed by atoms with Gasteiger partial charge in [0.15, 0.2) is 0 Å². The third-order valence-electron chi connectivity index (χ3n) is 9.51. The molecule has 0 radical (unpaired) electrons. The zero-order valence-corrected chi connectivity index (χ0v) is 40.7. The molecule has 0 aromatic carbocycles. The molecule has 0 aliphatic rings. The van der Waals surface area contributed by atoms with E-state index in [9.17, 15) is 24.0 Å². The third-order valence-corrected chi connectivity index (χ3v) is 9.51. The maximum atomic E-state index is 11.5. The van der Waals surface area contributed by atoms with Crippen molar-refractivity contribution in [2.24, 2.45) is 5.73 Å². The number of ether oxygens (including phenoxy) is 4. The van der Waals surface area contributed by atoms with Crippen LogP contribution < -0.4 is 35.2 Å². The number of rotatable bonds is 41. The number of carboxylic acids is 1. The molecule has 0 aromatic rings. The monoisotopic (exact) mass is 894 g/mol. The van der Waals surface area contributed by atoms with Crippen molar-refractivity contribution in [3.8, 4) is 0 Å². The minimum absolute atomic E-state index is 0. The van der Waals surface area contributed by atoms with E-state index >= 15 is 0 Å². The van der Waals surface area contributed by atoms with Gasteiger partial charge in [0.2, 0.25) is 11.8 Å². The molecule has 0 bridgehead atoms. The van der Waals surface area contributed by atoms with E-state index < -0.39 is 11.9 Å². The summed E-state index contributed by atoms with van der Waals surface area (Å²) >= 11 is 0. The maximum absolute atomic E-state index is 11.5. The first-order valence-corrected chi connectivity index (χ1v) is 23.7. The molecule has 0 atom stereocenters. The SMILES string of the molecule is CCCCCCCCCOCC/C=C\CCCCCCC(=O)NCC(=O)O.CCCCCCCCCOCC/C=C\CCCCCCC(=O)NCC(=O)OC.COC(=O)CN.[Li+].[OH-]. The predicted octanol–water partition coefficient (Wildman–Crippen LogP) is 6.52. The van der Waals surface area contributed by atoms with E-state index in [1.807, 2.05) is 0 Å². The average molecular weight is 894 g/mol. The standard InChI is InChI=1S/C23H43NO4.C22H41NO4.C3H7NO2.Li.H2O/c1-3-4-5-6-10-13-16-19-28-20-17-14-11-8-7-9-12-15-18-22(25)24-21-23(26)27-2;1-2-3-4-5-9-12-15-18-27-19-16-13-10-7-6-8-11-14-17-21(24)23-20-22(25)26;1-6-3(5)2-4;;/h11,14H,3-10,12-13,15-21H2,1-2H3,(H,24,25);10,13H,2-9,11-12,14-20H2,1H3,(H,23,24)(H,25,26);2,4H2,1H3;;1H2/q;;;+1;/p-1/b14-11-;13-10-;;;. The summed E-state index contributed by atoms with van der Waals surface area (Å²) in [5.74, 6) is -2.05. The zero-order valence-electron chi connectivity index (χ0n) is 40.7. The summed E-state index contributed by atoms with van der Waals surface area (Å²) in [5, 5.41) is 13.4. The first-order valence-electron chi connectivity index (χ1n) is 23.7. The van der Waals surface area contributed by atoms with Gasteiger partial charge in [-0.2, -0.15) is 0 Å². The summed E-state index contributed by atoms with van der Waals surface area (Å²) in [6.07, 6.45) is 40.7. The topological polar surface area (TPSA) is 223 Å². The summed E-state index contributed by atoms with van der Waals surface area (Å²) in [6.45, 7) is 7.58. The number of carboxylic acid groups (broad SMARTS) is 1. The van der Waals surface area contributed by atoms with Crippen molar-refractivity contribution in [3.63, 3.8) is 0 Å². The Morgan fingerprint density at radius 3 is 1.19 bits per heavy atom. The van der Waals surface area contributed by atoms with Gasteiger partial charge in [0.05, 0.1) is 34.0 Å². The largest absolute Gasteiger partial charge is 1.00 e. The summed E-state index contributed by atoms with van der Waals surface area (Å²) in [4.78, 5) is 53.9. The van der Waals surface area contributed by atoms with E-state index in [0.717, 1.165) is 103 Å². The van der Waals surface area contributed by atoms with Crippen LogP contribution in [-0.2, 0) is 42.9 Å². The second-order valence-electron chi connectivity index (χ2n) is 15.2. The Hall–Kier alpha value is -2.73. The molecule has 63 heavy (non-hydrogen) atoms. The van der Waals surface area contributed by atoms with E-state index in [2.05, 4.69) is 58.3 Å². The summed E-state index contributed by atoms with van der Waals surface area (Å²) in [7, 11) is 2.61. The van der Waals surface area contributed by atoms with Crippen molar-refractivity contribution in [1.29, 1.82) is 0 Å². The van der Waals surface area contributed by atoms with E-state index in [0.29, 0.717) is 12.8 Å². The van der Waals surface area contributed by atoms with Crippen LogP contribution in [0.5, 0.6) is 0 Å². The van der Waals surface area contributed by atoms with Crippen LogP contribution in [0.2, 0.25) is 0 Å². The van der Waals surface area contributed by atoms with Gasteiger partial charge in [0.1, 0.15) is 13.1 Å². The van der Waals surface area contributed by atoms with Gasteiger partial charge in [-0.3, -0.25) is 24.0 Å². The second-order valence-corrected chi connectivity index (χ2v) is 15.2. The van der Waals surface area contributed by atoms with E-state index in [1.54, 1.807) is 0 Å². The number of aliphatic carboxylic acids is 1. The van der Waals surface area contributed by atoms with Crippen molar-refractivity contribution in [2.45, 2.75) is 194 Å². The molecule has 0 fully saturated rings. The summed E-state index contributed by atoms with van der Waals surface area (Å²) in [6, 6.07) is 0.